The highest BCUT2D eigenvalue weighted by Gasteiger charge is 2.10. The molecule has 1 nitrogen and oxygen atoms in total. The van der Waals surface area contributed by atoms with Crippen LogP contribution >= 0.6 is 15.9 Å². The Morgan fingerprint density at radius 3 is 2.15 bits per heavy atom. The fourth-order valence-electron chi connectivity index (χ4n) is 2.51. The second-order valence-electron chi connectivity index (χ2n) is 5.62. The van der Waals surface area contributed by atoms with E-state index in [0.29, 0.717) is 6.04 Å². The summed E-state index contributed by atoms with van der Waals surface area (Å²) in [4.78, 5) is 0. The van der Waals surface area contributed by atoms with Crippen LogP contribution in [0.15, 0.2) is 34.8 Å². The second-order valence-corrected chi connectivity index (χ2v) is 6.48. The van der Waals surface area contributed by atoms with E-state index in [9.17, 15) is 0 Å². The summed E-state index contributed by atoms with van der Waals surface area (Å²) in [7, 11) is 0. The number of hydrogen-bond donors (Lipinski definition) is 1. The molecule has 106 valence electrons. The molecule has 0 aliphatic heterocycles. The zero-order valence-electron chi connectivity index (χ0n) is 12.8. The van der Waals surface area contributed by atoms with Gasteiger partial charge in [0.15, 0.2) is 0 Å². The minimum absolute atomic E-state index is 0.301. The van der Waals surface area contributed by atoms with Gasteiger partial charge in [0.2, 0.25) is 0 Å². The molecule has 2 aromatic rings. The predicted molar refractivity (Wildman–Crippen MR) is 91.6 cm³/mol. The maximum Gasteiger partial charge on any atom is 0.0488 e. The Hall–Kier alpha value is -1.28. The summed E-state index contributed by atoms with van der Waals surface area (Å²) in [6.45, 7) is 10.9. The summed E-state index contributed by atoms with van der Waals surface area (Å²) >= 11 is 3.54. The van der Waals surface area contributed by atoms with E-state index in [4.69, 9.17) is 0 Å². The van der Waals surface area contributed by atoms with E-state index in [2.05, 4.69) is 86.2 Å². The highest BCUT2D eigenvalue weighted by molar-refractivity contribution is 9.10. The quantitative estimate of drug-likeness (QED) is 0.743. The average molecular weight is 332 g/mol. The third kappa shape index (κ3) is 3.24. The van der Waals surface area contributed by atoms with Crippen molar-refractivity contribution >= 4 is 21.6 Å². The van der Waals surface area contributed by atoms with Crippen LogP contribution in [0.25, 0.3) is 0 Å². The van der Waals surface area contributed by atoms with Crippen molar-refractivity contribution in [3.05, 3.63) is 62.6 Å². The van der Waals surface area contributed by atoms with Crippen molar-refractivity contribution in [3.63, 3.8) is 0 Å². The smallest absolute Gasteiger partial charge is 0.0488 e. The molecule has 20 heavy (non-hydrogen) atoms. The van der Waals surface area contributed by atoms with Crippen LogP contribution in [-0.2, 0) is 0 Å². The molecule has 1 atom stereocenters. The number of aryl methyl sites for hydroxylation is 4. The van der Waals surface area contributed by atoms with Crippen LogP contribution in [0, 0.1) is 27.7 Å². The lowest BCUT2D eigenvalue weighted by Gasteiger charge is -2.20. The minimum Gasteiger partial charge on any atom is -0.379 e. The van der Waals surface area contributed by atoms with Gasteiger partial charge in [-0.25, -0.2) is 0 Å². The second kappa shape index (κ2) is 6.01. The Kier molecular flexibility index (Phi) is 4.54. The lowest BCUT2D eigenvalue weighted by Crippen LogP contribution is -2.09. The van der Waals surface area contributed by atoms with E-state index < -0.39 is 0 Å². The van der Waals surface area contributed by atoms with Gasteiger partial charge in [0.25, 0.3) is 0 Å². The molecule has 0 amide bonds. The van der Waals surface area contributed by atoms with Gasteiger partial charge in [0, 0.05) is 16.2 Å². The van der Waals surface area contributed by atoms with Crippen molar-refractivity contribution in [2.24, 2.45) is 0 Å². The largest absolute Gasteiger partial charge is 0.379 e. The van der Waals surface area contributed by atoms with Crippen LogP contribution in [0.1, 0.15) is 40.8 Å². The Morgan fingerprint density at radius 2 is 1.50 bits per heavy atom. The Bertz CT molecular complexity index is 632. The zero-order valence-corrected chi connectivity index (χ0v) is 14.4. The molecule has 2 rings (SSSR count). The summed E-state index contributed by atoms with van der Waals surface area (Å²) in [6, 6.07) is 11.3. The van der Waals surface area contributed by atoms with E-state index in [1.807, 2.05) is 0 Å². The zero-order chi connectivity index (χ0) is 14.9. The van der Waals surface area contributed by atoms with Crippen molar-refractivity contribution in [1.29, 1.82) is 0 Å². The Labute approximate surface area is 130 Å². The summed E-state index contributed by atoms with van der Waals surface area (Å²) in [5.41, 5.74) is 7.84. The third-order valence-corrected chi connectivity index (χ3v) is 4.78. The van der Waals surface area contributed by atoms with Gasteiger partial charge in [-0.15, -0.1) is 0 Å². The topological polar surface area (TPSA) is 12.0 Å². The van der Waals surface area contributed by atoms with Crippen molar-refractivity contribution in [1.82, 2.24) is 0 Å². The standard InChI is InChI=1S/C18H22BrN/c1-11-8-13(3)17(10-12(11)2)15(5)20-16-6-7-18(19)14(4)9-16/h6-10,15,20H,1-5H3. The molecule has 0 heterocycles. The first-order chi connectivity index (χ1) is 9.38. The molecule has 0 radical (unpaired) electrons. The van der Waals surface area contributed by atoms with Crippen LogP contribution in [-0.4, -0.2) is 0 Å². The van der Waals surface area contributed by atoms with E-state index >= 15 is 0 Å². The van der Waals surface area contributed by atoms with Gasteiger partial charge >= 0.3 is 0 Å². The van der Waals surface area contributed by atoms with E-state index in [-0.39, 0.29) is 0 Å². The molecule has 0 saturated carbocycles. The predicted octanol–water partition coefficient (Wildman–Crippen LogP) is 5.86. The number of nitrogens with one attached hydrogen (secondary N) is 1. The number of hydrogen-bond acceptors (Lipinski definition) is 1. The highest BCUT2D eigenvalue weighted by Crippen LogP contribution is 2.27. The van der Waals surface area contributed by atoms with Gasteiger partial charge in [-0.1, -0.05) is 28.1 Å². The van der Waals surface area contributed by atoms with Gasteiger partial charge in [-0.3, -0.25) is 0 Å². The molecule has 0 aliphatic rings. The van der Waals surface area contributed by atoms with Crippen LogP contribution in [0.3, 0.4) is 0 Å². The van der Waals surface area contributed by atoms with Gasteiger partial charge in [0.1, 0.15) is 0 Å². The molecule has 2 heteroatoms. The lowest BCUT2D eigenvalue weighted by molar-refractivity contribution is 0.870. The summed E-state index contributed by atoms with van der Waals surface area (Å²) < 4.78 is 1.15. The first-order valence-corrected chi connectivity index (χ1v) is 7.78. The maximum atomic E-state index is 3.59. The van der Waals surface area contributed by atoms with Crippen LogP contribution < -0.4 is 5.32 Å². The first kappa shape index (κ1) is 15.1. The van der Waals surface area contributed by atoms with Crippen LogP contribution in [0.5, 0.6) is 0 Å². The SMILES string of the molecule is Cc1cc(C)c(C(C)Nc2ccc(Br)c(C)c2)cc1C. The van der Waals surface area contributed by atoms with Crippen LogP contribution in [0.2, 0.25) is 0 Å². The molecule has 1 unspecified atom stereocenters. The Morgan fingerprint density at radius 1 is 0.850 bits per heavy atom. The van der Waals surface area contributed by atoms with Crippen LogP contribution in [0.4, 0.5) is 5.69 Å². The molecule has 1 N–H and O–H groups in total. The number of rotatable bonds is 3. The normalized spacial score (nSPS) is 12.3. The molecular formula is C18H22BrN. The summed E-state index contributed by atoms with van der Waals surface area (Å²) in [5, 5.41) is 3.59. The minimum atomic E-state index is 0.301. The van der Waals surface area contributed by atoms with Gasteiger partial charge < -0.3 is 5.32 Å². The molecule has 0 saturated heterocycles. The number of halogens is 1. The average Bonchev–Trinajstić information content (AvgIpc) is 2.38. The van der Waals surface area contributed by atoms with Gasteiger partial charge in [0.05, 0.1) is 0 Å². The highest BCUT2D eigenvalue weighted by atomic mass is 79.9. The van der Waals surface area contributed by atoms with Crippen molar-refractivity contribution in [2.45, 2.75) is 40.7 Å². The molecule has 2 aromatic carbocycles. The number of benzene rings is 2. The molecule has 0 aliphatic carbocycles. The van der Waals surface area contributed by atoms with E-state index in [1.165, 1.54) is 27.8 Å². The van der Waals surface area contributed by atoms with E-state index in [1.54, 1.807) is 0 Å². The first-order valence-electron chi connectivity index (χ1n) is 6.99. The third-order valence-electron chi connectivity index (χ3n) is 3.89. The van der Waals surface area contributed by atoms with Crippen molar-refractivity contribution < 1.29 is 0 Å². The Balaban J connectivity index is 2.25. The van der Waals surface area contributed by atoms with Crippen molar-refractivity contribution in [3.8, 4) is 0 Å². The van der Waals surface area contributed by atoms with Gasteiger partial charge in [-0.05, 0) is 80.6 Å². The van der Waals surface area contributed by atoms with Crippen molar-refractivity contribution in [2.75, 3.05) is 5.32 Å². The van der Waals surface area contributed by atoms with E-state index in [0.717, 1.165) is 10.2 Å². The fraction of sp³-hybridized carbons (Fsp3) is 0.333. The molecule has 0 fully saturated rings. The summed E-state index contributed by atoms with van der Waals surface area (Å²) in [5.74, 6) is 0. The lowest BCUT2D eigenvalue weighted by atomic mass is 9.96. The number of anilines is 1. The molecule has 0 aromatic heterocycles. The molecular weight excluding hydrogens is 310 g/mol. The molecule has 0 spiro atoms. The molecule has 0 bridgehead atoms. The monoisotopic (exact) mass is 331 g/mol. The maximum absolute atomic E-state index is 3.59. The summed E-state index contributed by atoms with van der Waals surface area (Å²) in [6.07, 6.45) is 0. The fourth-order valence-corrected chi connectivity index (χ4v) is 2.76. The van der Waals surface area contributed by atoms with Gasteiger partial charge in [-0.2, -0.15) is 0 Å².